The zero-order valence-electron chi connectivity index (χ0n) is 15.4. The van der Waals surface area contributed by atoms with Crippen LogP contribution in [-0.4, -0.2) is 22.3 Å². The van der Waals surface area contributed by atoms with Crippen LogP contribution in [0.2, 0.25) is 0 Å². The van der Waals surface area contributed by atoms with Crippen molar-refractivity contribution in [3.63, 3.8) is 0 Å². The predicted molar refractivity (Wildman–Crippen MR) is 94.2 cm³/mol. The Hall–Kier alpha value is -1.13. The lowest BCUT2D eigenvalue weighted by Gasteiger charge is -2.28. The number of alkyl halides is 3. The van der Waals surface area contributed by atoms with Crippen molar-refractivity contribution in [2.24, 2.45) is 0 Å². The summed E-state index contributed by atoms with van der Waals surface area (Å²) in [4.78, 5) is -0.459. The zero-order chi connectivity index (χ0) is 20.7. The minimum Gasteiger partial charge on any atom is -0.424 e. The Bertz CT molecular complexity index is 842. The minimum atomic E-state index is -6.18. The van der Waals surface area contributed by atoms with Crippen LogP contribution in [0.1, 0.15) is 76.0 Å². The molecule has 1 aromatic rings. The monoisotopic (exact) mass is 414 g/mol. The van der Waals surface area contributed by atoms with E-state index in [-0.39, 0.29) is 28.9 Å². The van der Waals surface area contributed by atoms with Crippen molar-refractivity contribution in [1.29, 1.82) is 0 Å². The van der Waals surface area contributed by atoms with Crippen molar-refractivity contribution in [3.05, 3.63) is 33.0 Å². The Morgan fingerprint density at radius 1 is 0.808 bits per heavy atom. The predicted octanol–water partition coefficient (Wildman–Crippen LogP) is 4.97. The van der Waals surface area contributed by atoms with Gasteiger partial charge in [0.1, 0.15) is 10.0 Å². The summed E-state index contributed by atoms with van der Waals surface area (Å²) in [5.74, 6) is -0.669. The molecule has 0 radical (unpaired) electrons. The maximum absolute atomic E-state index is 12.6. The highest BCUT2D eigenvalue weighted by molar-refractivity contribution is 8.12. The fourth-order valence-corrected chi connectivity index (χ4v) is 5.25. The van der Waals surface area contributed by atoms with Gasteiger partial charge in [0.25, 0.3) is 0 Å². The smallest absolute Gasteiger partial charge is 0.424 e. The molecule has 0 aromatic heterocycles. The van der Waals surface area contributed by atoms with Gasteiger partial charge in [-0.05, 0) is 34.4 Å². The van der Waals surface area contributed by atoms with E-state index in [9.17, 15) is 30.0 Å². The van der Waals surface area contributed by atoms with E-state index in [1.165, 1.54) is 0 Å². The fourth-order valence-electron chi connectivity index (χ4n) is 2.40. The maximum atomic E-state index is 12.6. The van der Waals surface area contributed by atoms with Gasteiger partial charge in [-0.15, -0.1) is 0 Å². The number of sulfonamides is 2. The topological polar surface area (TPSA) is 82.4 Å². The lowest BCUT2D eigenvalue weighted by Crippen LogP contribution is -2.25. The molecule has 0 N–H and O–H groups in total. The van der Waals surface area contributed by atoms with E-state index >= 15 is 0 Å². The molecule has 0 aliphatic rings. The molecule has 10 heteroatoms. The molecular weight excluding hydrogens is 391 g/mol. The van der Waals surface area contributed by atoms with Gasteiger partial charge < -0.3 is 4.13 Å². The van der Waals surface area contributed by atoms with Gasteiger partial charge in [0.2, 0.25) is 0 Å². The highest BCUT2D eigenvalue weighted by Crippen LogP contribution is 2.40. The van der Waals surface area contributed by atoms with Crippen LogP contribution in [0.15, 0.2) is 17.0 Å². The van der Waals surface area contributed by atoms with Gasteiger partial charge in [-0.25, -0.2) is 16.8 Å². The van der Waals surface area contributed by atoms with Gasteiger partial charge in [-0.1, -0.05) is 53.7 Å². The summed E-state index contributed by atoms with van der Waals surface area (Å²) in [5, 5.41) is 0. The largest absolute Gasteiger partial charge is 0.480 e. The number of halogens is 3. The third-order valence-corrected chi connectivity index (χ3v) is 6.97. The number of rotatable bonds is 6. The van der Waals surface area contributed by atoms with Crippen LogP contribution < -0.4 is 0 Å². The molecule has 0 bridgehead atoms. The second-order valence-electron chi connectivity index (χ2n) is 6.96. The number of hydrogen-bond acceptors (Lipinski definition) is 4. The number of hydrogen-bond donors (Lipinski definition) is 0. The summed E-state index contributed by atoms with van der Waals surface area (Å²) in [5.41, 5.74) is -4.47. The molecule has 0 heterocycles. The van der Waals surface area contributed by atoms with Gasteiger partial charge in [0.05, 0.1) is 4.90 Å². The SMILES string of the molecule is CC(C)c1cc(C(C)C)c(S(=O)(=O)[N-]S(=O)(=O)C(F)(F)F)c(C(C)C)c1. The third-order valence-electron chi connectivity index (χ3n) is 3.83. The number of benzene rings is 1. The first-order valence-corrected chi connectivity index (χ1v) is 10.9. The average molecular weight is 414 g/mol. The molecule has 0 aliphatic carbocycles. The summed E-state index contributed by atoms with van der Waals surface area (Å²) < 4.78 is 87.9. The molecule has 26 heavy (non-hydrogen) atoms. The lowest BCUT2D eigenvalue weighted by atomic mass is 9.89. The van der Waals surface area contributed by atoms with Crippen molar-refractivity contribution < 1.29 is 30.0 Å². The standard InChI is InChI=1S/C16H23F3NO4S2/c1-9(2)12-7-13(10(3)4)15(14(8-12)11(5)6)25(21,22)20-26(23,24)16(17,18)19/h7-11H,1-6H3/q-1. The Balaban J connectivity index is 3.80. The van der Waals surface area contributed by atoms with Crippen LogP contribution >= 0.6 is 0 Å². The van der Waals surface area contributed by atoms with E-state index in [4.69, 9.17) is 0 Å². The molecule has 5 nitrogen and oxygen atoms in total. The van der Waals surface area contributed by atoms with E-state index < -0.39 is 30.5 Å². The quantitative estimate of drug-likeness (QED) is 0.658. The van der Waals surface area contributed by atoms with Crippen molar-refractivity contribution in [2.75, 3.05) is 0 Å². The summed E-state index contributed by atoms with van der Waals surface area (Å²) in [6.45, 7) is 10.5. The molecule has 0 unspecified atom stereocenters. The molecule has 1 rings (SSSR count). The van der Waals surface area contributed by atoms with Crippen LogP contribution in [0.4, 0.5) is 13.2 Å². The Kier molecular flexibility index (Phi) is 6.59. The summed E-state index contributed by atoms with van der Waals surface area (Å²) in [7, 11) is -11.3. The maximum Gasteiger partial charge on any atom is 0.480 e. The van der Waals surface area contributed by atoms with E-state index in [1.54, 1.807) is 39.8 Å². The van der Waals surface area contributed by atoms with Crippen LogP contribution in [0.3, 0.4) is 0 Å². The second kappa shape index (κ2) is 7.47. The minimum absolute atomic E-state index is 0.0533. The normalized spacial score (nSPS) is 13.8. The average Bonchev–Trinajstić information content (AvgIpc) is 2.43. The lowest BCUT2D eigenvalue weighted by molar-refractivity contribution is -0.0425. The van der Waals surface area contributed by atoms with Gasteiger partial charge >= 0.3 is 5.51 Å². The highest BCUT2D eigenvalue weighted by atomic mass is 32.3. The van der Waals surface area contributed by atoms with Crippen LogP contribution in [0.25, 0.3) is 4.13 Å². The molecule has 0 spiro atoms. The first kappa shape index (κ1) is 22.9. The van der Waals surface area contributed by atoms with E-state index in [0.717, 1.165) is 5.56 Å². The molecule has 1 aromatic carbocycles. The van der Waals surface area contributed by atoms with Crippen LogP contribution in [0.5, 0.6) is 0 Å². The molecular formula is C16H23F3NO4S2-. The van der Waals surface area contributed by atoms with E-state index in [0.29, 0.717) is 0 Å². The molecule has 0 fully saturated rings. The van der Waals surface area contributed by atoms with Crippen LogP contribution in [0, 0.1) is 0 Å². The van der Waals surface area contributed by atoms with Gasteiger partial charge in [0, 0.05) is 0 Å². The molecule has 0 saturated carbocycles. The summed E-state index contributed by atoms with van der Waals surface area (Å²) >= 11 is 0. The summed E-state index contributed by atoms with van der Waals surface area (Å²) in [6, 6.07) is 3.17. The Labute approximate surface area is 153 Å². The zero-order valence-corrected chi connectivity index (χ0v) is 17.1. The molecule has 0 aliphatic heterocycles. The Morgan fingerprint density at radius 2 is 1.19 bits per heavy atom. The van der Waals surface area contributed by atoms with Crippen molar-refractivity contribution >= 4 is 20.0 Å². The van der Waals surface area contributed by atoms with Crippen molar-refractivity contribution in [3.8, 4) is 0 Å². The van der Waals surface area contributed by atoms with E-state index in [2.05, 4.69) is 4.13 Å². The second-order valence-corrected chi connectivity index (χ2v) is 10.3. The van der Waals surface area contributed by atoms with Crippen molar-refractivity contribution in [2.45, 2.75) is 69.7 Å². The molecule has 0 saturated heterocycles. The first-order chi connectivity index (χ1) is 11.5. The van der Waals surface area contributed by atoms with Crippen molar-refractivity contribution in [1.82, 2.24) is 0 Å². The summed E-state index contributed by atoms with van der Waals surface area (Å²) in [6.07, 6.45) is 0. The van der Waals surface area contributed by atoms with Gasteiger partial charge in [0.15, 0.2) is 10.0 Å². The molecule has 0 atom stereocenters. The van der Waals surface area contributed by atoms with E-state index in [1.807, 2.05) is 13.8 Å². The van der Waals surface area contributed by atoms with Crippen LogP contribution in [-0.2, 0) is 20.0 Å². The van der Waals surface area contributed by atoms with Gasteiger partial charge in [-0.2, -0.15) is 13.2 Å². The molecule has 150 valence electrons. The van der Waals surface area contributed by atoms with Gasteiger partial charge in [-0.3, -0.25) is 0 Å². The molecule has 0 amide bonds. The third kappa shape index (κ3) is 4.77. The number of nitrogens with zero attached hydrogens (tertiary/aromatic N) is 1. The Morgan fingerprint density at radius 3 is 1.46 bits per heavy atom. The highest BCUT2D eigenvalue weighted by Gasteiger charge is 2.41. The first-order valence-electron chi connectivity index (χ1n) is 7.99. The fraction of sp³-hybridized carbons (Fsp3) is 0.625.